The Morgan fingerprint density at radius 3 is 2.65 bits per heavy atom. The second kappa shape index (κ2) is 7.78. The smallest absolute Gasteiger partial charge is 0.494 e. The first kappa shape index (κ1) is 20.5. The van der Waals surface area contributed by atoms with E-state index in [0.717, 1.165) is 0 Å². The van der Waals surface area contributed by atoms with Crippen LogP contribution in [0.15, 0.2) is 40.8 Å². The van der Waals surface area contributed by atoms with Crippen LogP contribution in [0.4, 0.5) is 14.5 Å². The standard InChI is InChI=1S/C21H17F2NO7/c1-3-27-13-5-7-15-14(9-13)11(2)19(29-15)20(26)28-10-18(25)24-12-4-6-16-17(8-12)31-21(22,23)30-16/h4-9H,3,10H2,1-2H3,(H,24,25). The highest BCUT2D eigenvalue weighted by Crippen LogP contribution is 2.42. The Balaban J connectivity index is 1.39. The number of benzene rings is 2. The molecule has 3 aromatic rings. The highest BCUT2D eigenvalue weighted by Gasteiger charge is 2.43. The summed E-state index contributed by atoms with van der Waals surface area (Å²) in [5, 5.41) is 3.12. The quantitative estimate of drug-likeness (QED) is 0.581. The lowest BCUT2D eigenvalue weighted by Gasteiger charge is -2.07. The van der Waals surface area contributed by atoms with Gasteiger partial charge in [0.25, 0.3) is 5.91 Å². The SMILES string of the molecule is CCOc1ccc2oc(C(=O)OCC(=O)Nc3ccc4c(c3)OC(F)(F)O4)c(C)c2c1. The summed E-state index contributed by atoms with van der Waals surface area (Å²) in [5.74, 6) is -1.24. The van der Waals surface area contributed by atoms with Crippen molar-refractivity contribution in [2.24, 2.45) is 0 Å². The maximum Gasteiger partial charge on any atom is 0.586 e. The third-order valence-corrected chi connectivity index (χ3v) is 4.42. The minimum absolute atomic E-state index is 0.0261. The fourth-order valence-electron chi connectivity index (χ4n) is 3.07. The molecule has 10 heteroatoms. The highest BCUT2D eigenvalue weighted by atomic mass is 19.3. The van der Waals surface area contributed by atoms with Crippen LogP contribution >= 0.6 is 0 Å². The molecule has 162 valence electrons. The number of esters is 1. The number of alkyl halides is 2. The van der Waals surface area contributed by atoms with Crippen LogP contribution in [0.25, 0.3) is 11.0 Å². The van der Waals surface area contributed by atoms with Crippen LogP contribution in [0.5, 0.6) is 17.2 Å². The fourth-order valence-corrected chi connectivity index (χ4v) is 3.07. The monoisotopic (exact) mass is 433 g/mol. The van der Waals surface area contributed by atoms with Crippen LogP contribution in [-0.4, -0.2) is 31.4 Å². The Morgan fingerprint density at radius 1 is 1.10 bits per heavy atom. The van der Waals surface area contributed by atoms with Crippen LogP contribution in [0.3, 0.4) is 0 Å². The molecule has 31 heavy (non-hydrogen) atoms. The number of rotatable bonds is 6. The van der Waals surface area contributed by atoms with Crippen molar-refractivity contribution in [2.75, 3.05) is 18.5 Å². The number of ether oxygens (including phenoxy) is 4. The summed E-state index contributed by atoms with van der Waals surface area (Å²) in [6.07, 6.45) is -3.76. The van der Waals surface area contributed by atoms with Crippen LogP contribution < -0.4 is 19.5 Å². The molecule has 0 aliphatic carbocycles. The molecule has 1 N–H and O–H groups in total. The summed E-state index contributed by atoms with van der Waals surface area (Å²) < 4.78 is 50.8. The lowest BCUT2D eigenvalue weighted by Crippen LogP contribution is -2.25. The van der Waals surface area contributed by atoms with Crippen molar-refractivity contribution >= 4 is 28.5 Å². The first-order chi connectivity index (χ1) is 14.8. The molecule has 1 aliphatic rings. The number of nitrogens with one attached hydrogen (secondary N) is 1. The summed E-state index contributed by atoms with van der Waals surface area (Å²) in [4.78, 5) is 24.5. The van der Waals surface area contributed by atoms with Gasteiger partial charge in [0, 0.05) is 22.7 Å². The Hall–Kier alpha value is -3.82. The molecule has 8 nitrogen and oxygen atoms in total. The van der Waals surface area contributed by atoms with Gasteiger partial charge in [-0.25, -0.2) is 4.79 Å². The second-order valence-electron chi connectivity index (χ2n) is 6.60. The molecular formula is C21H17F2NO7. The number of carbonyl (C=O) groups excluding carboxylic acids is 2. The average molecular weight is 433 g/mol. The Bertz CT molecular complexity index is 1170. The molecule has 1 aliphatic heterocycles. The van der Waals surface area contributed by atoms with E-state index in [1.54, 1.807) is 25.1 Å². The number of hydrogen-bond acceptors (Lipinski definition) is 7. The third-order valence-electron chi connectivity index (χ3n) is 4.42. The van der Waals surface area contributed by atoms with E-state index in [1.807, 2.05) is 6.92 Å². The minimum Gasteiger partial charge on any atom is -0.494 e. The molecule has 2 heterocycles. The predicted molar refractivity (Wildman–Crippen MR) is 104 cm³/mol. The van der Waals surface area contributed by atoms with Gasteiger partial charge >= 0.3 is 12.3 Å². The van der Waals surface area contributed by atoms with Crippen LogP contribution in [-0.2, 0) is 9.53 Å². The van der Waals surface area contributed by atoms with Gasteiger partial charge in [0.15, 0.2) is 18.1 Å². The molecule has 0 unspecified atom stereocenters. The van der Waals surface area contributed by atoms with Crippen molar-refractivity contribution in [1.29, 1.82) is 0 Å². The minimum atomic E-state index is -3.76. The van der Waals surface area contributed by atoms with Crippen LogP contribution in [0.2, 0.25) is 0 Å². The van der Waals surface area contributed by atoms with E-state index in [0.29, 0.717) is 28.9 Å². The largest absolute Gasteiger partial charge is 0.586 e. The van der Waals surface area contributed by atoms with Gasteiger partial charge in [-0.1, -0.05) is 0 Å². The molecular weight excluding hydrogens is 416 g/mol. The second-order valence-corrected chi connectivity index (χ2v) is 6.60. The fraction of sp³-hybridized carbons (Fsp3) is 0.238. The van der Waals surface area contributed by atoms with Gasteiger partial charge in [-0.2, -0.15) is 0 Å². The number of furan rings is 1. The van der Waals surface area contributed by atoms with Gasteiger partial charge < -0.3 is 28.7 Å². The Labute approximate surface area is 174 Å². The summed E-state index contributed by atoms with van der Waals surface area (Å²) in [7, 11) is 0. The van der Waals surface area contributed by atoms with E-state index in [4.69, 9.17) is 13.9 Å². The topological polar surface area (TPSA) is 96.2 Å². The van der Waals surface area contributed by atoms with Crippen LogP contribution in [0, 0.1) is 6.92 Å². The number of hydrogen-bond donors (Lipinski definition) is 1. The van der Waals surface area contributed by atoms with E-state index < -0.39 is 24.8 Å². The number of fused-ring (bicyclic) bond motifs is 2. The van der Waals surface area contributed by atoms with E-state index in [2.05, 4.69) is 14.8 Å². The van der Waals surface area contributed by atoms with Crippen molar-refractivity contribution < 1.29 is 41.7 Å². The number of aryl methyl sites for hydroxylation is 1. The van der Waals surface area contributed by atoms with Crippen molar-refractivity contribution in [3.63, 3.8) is 0 Å². The maximum absolute atomic E-state index is 13.1. The van der Waals surface area contributed by atoms with Gasteiger partial charge in [0.2, 0.25) is 5.76 Å². The molecule has 0 bridgehead atoms. The van der Waals surface area contributed by atoms with Crippen molar-refractivity contribution in [3.05, 3.63) is 47.7 Å². The molecule has 0 fully saturated rings. The van der Waals surface area contributed by atoms with Crippen LogP contribution in [0.1, 0.15) is 23.0 Å². The van der Waals surface area contributed by atoms with Gasteiger partial charge in [0.1, 0.15) is 11.3 Å². The molecule has 0 atom stereocenters. The average Bonchev–Trinajstić information content (AvgIpc) is 3.21. The number of carbonyl (C=O) groups is 2. The summed E-state index contributed by atoms with van der Waals surface area (Å²) in [6, 6.07) is 8.91. The highest BCUT2D eigenvalue weighted by molar-refractivity contribution is 5.98. The number of amides is 1. The van der Waals surface area contributed by atoms with E-state index in [1.165, 1.54) is 18.2 Å². The molecule has 1 amide bonds. The molecule has 4 rings (SSSR count). The molecule has 0 saturated carbocycles. The summed E-state index contributed by atoms with van der Waals surface area (Å²) in [5.41, 5.74) is 1.21. The Morgan fingerprint density at radius 2 is 1.87 bits per heavy atom. The van der Waals surface area contributed by atoms with E-state index in [-0.39, 0.29) is 22.9 Å². The summed E-state index contributed by atoms with van der Waals surface area (Å²) in [6.45, 7) is 3.45. The van der Waals surface area contributed by atoms with Crippen molar-refractivity contribution in [1.82, 2.24) is 0 Å². The molecule has 2 aromatic carbocycles. The van der Waals surface area contributed by atoms with Gasteiger partial charge in [-0.3, -0.25) is 4.79 Å². The first-order valence-electron chi connectivity index (χ1n) is 9.28. The summed E-state index contributed by atoms with van der Waals surface area (Å²) >= 11 is 0. The Kier molecular flexibility index (Phi) is 5.14. The molecule has 1 aromatic heterocycles. The number of halogens is 2. The van der Waals surface area contributed by atoms with Gasteiger partial charge in [-0.15, -0.1) is 8.78 Å². The molecule has 0 spiro atoms. The lowest BCUT2D eigenvalue weighted by atomic mass is 10.1. The zero-order valence-corrected chi connectivity index (χ0v) is 16.5. The van der Waals surface area contributed by atoms with Crippen molar-refractivity contribution in [3.8, 4) is 17.2 Å². The van der Waals surface area contributed by atoms with Crippen molar-refractivity contribution in [2.45, 2.75) is 20.1 Å². The zero-order chi connectivity index (χ0) is 22.2. The van der Waals surface area contributed by atoms with E-state index >= 15 is 0 Å². The molecule has 0 radical (unpaired) electrons. The van der Waals surface area contributed by atoms with Gasteiger partial charge in [-0.05, 0) is 44.2 Å². The third kappa shape index (κ3) is 4.23. The zero-order valence-electron chi connectivity index (χ0n) is 16.5. The normalized spacial score (nSPS) is 13.8. The first-order valence-corrected chi connectivity index (χ1v) is 9.28. The van der Waals surface area contributed by atoms with E-state index in [9.17, 15) is 18.4 Å². The maximum atomic E-state index is 13.1. The lowest BCUT2D eigenvalue weighted by molar-refractivity contribution is -0.286. The van der Waals surface area contributed by atoms with Gasteiger partial charge in [0.05, 0.1) is 6.61 Å². The predicted octanol–water partition coefficient (Wildman–Crippen LogP) is 4.26. The number of anilines is 1. The molecule has 0 saturated heterocycles.